The summed E-state index contributed by atoms with van der Waals surface area (Å²) >= 11 is 6.09. The van der Waals surface area contributed by atoms with Gasteiger partial charge in [0.2, 0.25) is 12.6 Å². The van der Waals surface area contributed by atoms with Crippen molar-refractivity contribution in [3.8, 4) is 22.8 Å². The minimum absolute atomic E-state index is 0.110. The van der Waals surface area contributed by atoms with Gasteiger partial charge in [-0.2, -0.15) is 0 Å². The van der Waals surface area contributed by atoms with E-state index in [1.54, 1.807) is 6.07 Å². The molecule has 0 radical (unpaired) electrons. The third-order valence-corrected chi connectivity index (χ3v) is 3.12. The molecular formula is C12H8ClNO5. The number of hydrogen-bond donors (Lipinski definition) is 1. The highest BCUT2D eigenvalue weighted by atomic mass is 35.5. The number of carboxylic acids is 1. The largest absolute Gasteiger partial charge is 0.475 e. The Kier molecular flexibility index (Phi) is 2.60. The van der Waals surface area contributed by atoms with Crippen LogP contribution in [0.25, 0.3) is 11.3 Å². The number of carbonyl (C=O) groups is 1. The first-order valence-electron chi connectivity index (χ1n) is 5.37. The molecule has 0 unspecified atom stereocenters. The van der Waals surface area contributed by atoms with Crippen molar-refractivity contribution in [2.24, 2.45) is 0 Å². The van der Waals surface area contributed by atoms with E-state index in [0.717, 1.165) is 5.56 Å². The van der Waals surface area contributed by atoms with Crippen molar-refractivity contribution in [2.45, 2.75) is 6.92 Å². The number of fused-ring (bicyclic) bond motifs is 1. The molecule has 19 heavy (non-hydrogen) atoms. The van der Waals surface area contributed by atoms with Gasteiger partial charge in [-0.25, -0.2) is 4.79 Å². The van der Waals surface area contributed by atoms with Crippen molar-refractivity contribution in [3.63, 3.8) is 0 Å². The maximum Gasteiger partial charge on any atom is 0.374 e. The number of aromatic carboxylic acids is 1. The van der Waals surface area contributed by atoms with Crippen LogP contribution >= 0.6 is 11.6 Å². The number of ether oxygens (including phenoxy) is 2. The van der Waals surface area contributed by atoms with Gasteiger partial charge < -0.3 is 19.1 Å². The van der Waals surface area contributed by atoms with Crippen molar-refractivity contribution in [3.05, 3.63) is 28.5 Å². The second kappa shape index (κ2) is 4.17. The Labute approximate surface area is 112 Å². The Morgan fingerprint density at radius 1 is 1.37 bits per heavy atom. The van der Waals surface area contributed by atoms with Crippen LogP contribution in [-0.4, -0.2) is 23.0 Å². The molecule has 0 spiro atoms. The molecule has 0 bridgehead atoms. The zero-order chi connectivity index (χ0) is 13.6. The third-order valence-electron chi connectivity index (χ3n) is 2.84. The topological polar surface area (TPSA) is 81.8 Å². The molecule has 3 rings (SSSR count). The minimum atomic E-state index is -1.18. The quantitative estimate of drug-likeness (QED) is 0.911. The lowest BCUT2D eigenvalue weighted by atomic mass is 10.0. The first-order valence-corrected chi connectivity index (χ1v) is 5.75. The summed E-state index contributed by atoms with van der Waals surface area (Å²) in [7, 11) is 0. The van der Waals surface area contributed by atoms with Crippen LogP contribution in [0.15, 0.2) is 16.7 Å². The maximum absolute atomic E-state index is 10.8. The lowest BCUT2D eigenvalue weighted by molar-refractivity contribution is 0.0652. The molecular weight excluding hydrogens is 274 g/mol. The van der Waals surface area contributed by atoms with Gasteiger partial charge in [0.1, 0.15) is 5.69 Å². The summed E-state index contributed by atoms with van der Waals surface area (Å²) in [6.07, 6.45) is 0. The van der Waals surface area contributed by atoms with Crippen LogP contribution in [0, 0.1) is 6.92 Å². The predicted molar refractivity (Wildman–Crippen MR) is 64.8 cm³/mol. The predicted octanol–water partition coefficient (Wildman–Crippen LogP) is 2.73. The highest BCUT2D eigenvalue weighted by Crippen LogP contribution is 2.45. The van der Waals surface area contributed by atoms with E-state index in [-0.39, 0.29) is 12.6 Å². The molecule has 1 N–H and O–H groups in total. The molecule has 2 heterocycles. The number of hydrogen-bond acceptors (Lipinski definition) is 5. The smallest absolute Gasteiger partial charge is 0.374 e. The molecule has 0 saturated heterocycles. The van der Waals surface area contributed by atoms with Gasteiger partial charge in [-0.05, 0) is 13.0 Å². The number of halogens is 1. The second-order valence-electron chi connectivity index (χ2n) is 3.98. The Balaban J connectivity index is 2.15. The summed E-state index contributed by atoms with van der Waals surface area (Å²) in [4.78, 5) is 10.8. The Bertz CT molecular complexity index is 679. The zero-order valence-electron chi connectivity index (χ0n) is 9.77. The van der Waals surface area contributed by atoms with Crippen LogP contribution in [0.3, 0.4) is 0 Å². The molecule has 1 aromatic carbocycles. The molecule has 0 saturated carbocycles. The van der Waals surface area contributed by atoms with Gasteiger partial charge in [0, 0.05) is 17.2 Å². The van der Waals surface area contributed by atoms with Gasteiger partial charge >= 0.3 is 5.97 Å². The number of benzene rings is 1. The van der Waals surface area contributed by atoms with E-state index in [0.29, 0.717) is 27.8 Å². The normalized spacial score (nSPS) is 12.7. The molecule has 98 valence electrons. The third kappa shape index (κ3) is 1.80. The Hall–Kier alpha value is -2.21. The average Bonchev–Trinajstić information content (AvgIpc) is 3.01. The highest BCUT2D eigenvalue weighted by Gasteiger charge is 2.24. The first kappa shape index (κ1) is 11.9. The summed E-state index contributed by atoms with van der Waals surface area (Å²) in [6, 6.07) is 2.98. The second-order valence-corrected chi connectivity index (χ2v) is 4.38. The van der Waals surface area contributed by atoms with E-state index in [2.05, 4.69) is 5.16 Å². The zero-order valence-corrected chi connectivity index (χ0v) is 10.5. The number of rotatable bonds is 2. The fraction of sp³-hybridized carbons (Fsp3) is 0.167. The number of nitrogens with zero attached hydrogens (tertiary/aromatic N) is 1. The van der Waals surface area contributed by atoms with Gasteiger partial charge in [0.05, 0.1) is 5.02 Å². The molecule has 1 aromatic heterocycles. The summed E-state index contributed by atoms with van der Waals surface area (Å²) in [6.45, 7) is 1.92. The van der Waals surface area contributed by atoms with Gasteiger partial charge in [0.25, 0.3) is 0 Å². The van der Waals surface area contributed by atoms with Crippen molar-refractivity contribution < 1.29 is 23.9 Å². The van der Waals surface area contributed by atoms with Crippen molar-refractivity contribution >= 4 is 17.6 Å². The van der Waals surface area contributed by atoms with Gasteiger partial charge in [-0.15, -0.1) is 0 Å². The van der Waals surface area contributed by atoms with Crippen molar-refractivity contribution in [2.75, 3.05) is 6.79 Å². The monoisotopic (exact) mass is 281 g/mol. The Morgan fingerprint density at radius 2 is 2.11 bits per heavy atom. The van der Waals surface area contributed by atoms with Crippen LogP contribution < -0.4 is 9.47 Å². The standard InChI is InChI=1S/C12H8ClNO5/c1-5-6(8-3-9(12(15)16)19-14-8)2-7(13)11-10(5)17-4-18-11/h2-3H,4H2,1H3,(H,15,16). The van der Waals surface area contributed by atoms with E-state index in [1.165, 1.54) is 6.07 Å². The van der Waals surface area contributed by atoms with Crippen LogP contribution in [0.1, 0.15) is 16.1 Å². The lowest BCUT2D eigenvalue weighted by Gasteiger charge is -2.07. The molecule has 2 aromatic rings. The van der Waals surface area contributed by atoms with Crippen LogP contribution in [-0.2, 0) is 0 Å². The molecule has 1 aliphatic rings. The molecule has 0 atom stereocenters. The highest BCUT2D eigenvalue weighted by molar-refractivity contribution is 6.32. The van der Waals surface area contributed by atoms with E-state index in [9.17, 15) is 4.79 Å². The first-order chi connectivity index (χ1) is 9.08. The SMILES string of the molecule is Cc1c(-c2cc(C(=O)O)on2)cc(Cl)c2c1OCO2. The van der Waals surface area contributed by atoms with E-state index in [1.807, 2.05) is 6.92 Å². The van der Waals surface area contributed by atoms with Gasteiger partial charge in [-0.3, -0.25) is 0 Å². The maximum atomic E-state index is 10.8. The molecule has 0 aliphatic carbocycles. The summed E-state index contributed by atoms with van der Waals surface area (Å²) in [5.41, 5.74) is 1.79. The van der Waals surface area contributed by atoms with Crippen LogP contribution in [0.2, 0.25) is 5.02 Å². The minimum Gasteiger partial charge on any atom is -0.475 e. The Morgan fingerprint density at radius 3 is 2.79 bits per heavy atom. The molecule has 7 heteroatoms. The molecule has 6 nitrogen and oxygen atoms in total. The van der Waals surface area contributed by atoms with E-state index < -0.39 is 5.97 Å². The fourth-order valence-corrected chi connectivity index (χ4v) is 2.18. The van der Waals surface area contributed by atoms with Crippen molar-refractivity contribution in [1.29, 1.82) is 0 Å². The lowest BCUT2D eigenvalue weighted by Crippen LogP contribution is -1.94. The molecule has 0 amide bonds. The van der Waals surface area contributed by atoms with Crippen LogP contribution in [0.5, 0.6) is 11.5 Å². The number of carboxylic acid groups (broad SMARTS) is 1. The number of aromatic nitrogens is 1. The van der Waals surface area contributed by atoms with Gasteiger partial charge in [-0.1, -0.05) is 16.8 Å². The van der Waals surface area contributed by atoms with Gasteiger partial charge in [0.15, 0.2) is 11.5 Å². The summed E-state index contributed by atoms with van der Waals surface area (Å²) in [5.74, 6) is -0.376. The van der Waals surface area contributed by atoms with Crippen molar-refractivity contribution in [1.82, 2.24) is 5.16 Å². The summed E-state index contributed by atoms with van der Waals surface area (Å²) < 4.78 is 15.3. The van der Waals surface area contributed by atoms with Crippen LogP contribution in [0.4, 0.5) is 0 Å². The van der Waals surface area contributed by atoms with E-state index in [4.69, 9.17) is 30.7 Å². The summed E-state index contributed by atoms with van der Waals surface area (Å²) in [5, 5.41) is 12.9. The molecule has 0 fully saturated rings. The van der Waals surface area contributed by atoms with E-state index >= 15 is 0 Å². The fourth-order valence-electron chi connectivity index (χ4n) is 1.93. The average molecular weight is 282 g/mol. The molecule has 1 aliphatic heterocycles.